The molecule has 4 nitrogen and oxygen atoms in total. The molecule has 0 bridgehead atoms. The summed E-state index contributed by atoms with van der Waals surface area (Å²) in [6.45, 7) is 19.0. The maximum atomic E-state index is 6.25. The fraction of sp³-hybridized carbons (Fsp3) is 0. The van der Waals surface area contributed by atoms with Crippen molar-refractivity contribution < 1.29 is 0 Å². The molecule has 0 aromatic heterocycles. The van der Waals surface area contributed by atoms with Gasteiger partial charge in [-0.1, -0.05) is 0 Å². The first kappa shape index (κ1) is 57.8. The maximum absolute atomic E-state index is 6.25. The Bertz CT molecular complexity index is 55.5. The van der Waals surface area contributed by atoms with E-state index in [2.05, 4.69) is 0 Å². The van der Waals surface area contributed by atoms with Crippen molar-refractivity contribution in [2.24, 2.45) is 0 Å². The molecule has 0 aromatic rings. The summed E-state index contributed by atoms with van der Waals surface area (Å²) in [7, 11) is 0. The van der Waals surface area contributed by atoms with Gasteiger partial charge >= 0.3 is 11.0 Å². The van der Waals surface area contributed by atoms with Crippen molar-refractivity contribution in [1.29, 1.82) is 21.0 Å². The Balaban J connectivity index is -0.00000000762. The summed E-state index contributed by atoms with van der Waals surface area (Å²) in [4.78, 5) is 0. The average molecular weight is 132 g/mol. The zero-order chi connectivity index (χ0) is 8.00. The van der Waals surface area contributed by atoms with Crippen LogP contribution in [-0.2, 0) is 0 Å². The van der Waals surface area contributed by atoms with E-state index in [1.165, 1.54) is 0 Å². The average Bonchev–Trinajstić information content (AvgIpc) is 2.03. The van der Waals surface area contributed by atoms with Gasteiger partial charge in [0.1, 0.15) is 0 Å². The van der Waals surface area contributed by atoms with Crippen LogP contribution in [0.2, 0.25) is 0 Å². The first-order chi connectivity index (χ1) is 4.00. The van der Waals surface area contributed by atoms with Crippen LogP contribution in [-0.4, -0.2) is 11.0 Å². The van der Waals surface area contributed by atoms with Gasteiger partial charge in [0.25, 0.3) is 0 Å². The minimum Gasteiger partial charge on any atom is -0.512 e. The fourth-order valence-corrected chi connectivity index (χ4v) is 0. The van der Waals surface area contributed by atoms with Gasteiger partial charge < -0.3 is 47.3 Å². The second kappa shape index (κ2) is 49.8. The van der Waals surface area contributed by atoms with Crippen molar-refractivity contribution in [2.45, 2.75) is 0 Å². The van der Waals surface area contributed by atoms with Crippen LogP contribution in [0.3, 0.4) is 0 Å². The van der Waals surface area contributed by atoms with Gasteiger partial charge in [-0.05, 0) is 0 Å². The molecule has 0 aliphatic heterocycles. The van der Waals surface area contributed by atoms with E-state index in [0.717, 1.165) is 0 Å². The van der Waals surface area contributed by atoms with Crippen LogP contribution in [0.4, 0.5) is 0 Å². The van der Waals surface area contributed by atoms with Crippen LogP contribution >= 0.6 is 0 Å². The molecular weight excluding hydrogens is 132 g/mol. The molecule has 0 spiro atoms. The Morgan fingerprint density at radius 1 is 0.444 bits per heavy atom. The maximum Gasteiger partial charge on any atom is 4.00 e. The summed E-state index contributed by atoms with van der Waals surface area (Å²) in [5.74, 6) is 0. The third-order valence-corrected chi connectivity index (χ3v) is 0. The van der Waals surface area contributed by atoms with Crippen molar-refractivity contribution in [3.63, 3.8) is 0 Å². The van der Waals surface area contributed by atoms with E-state index in [-0.39, 0.29) is 11.0 Å². The van der Waals surface area contributed by atoms with Crippen molar-refractivity contribution in [3.8, 4) is 0 Å². The van der Waals surface area contributed by atoms with Crippen molar-refractivity contribution in [1.82, 2.24) is 0 Å². The molecule has 0 saturated carbocycles. The van der Waals surface area contributed by atoms with Gasteiger partial charge in [0.2, 0.25) is 0 Å². The Hall–Kier alpha value is -1.82. The zero-order valence-corrected chi connectivity index (χ0v) is 5.29. The third kappa shape index (κ3) is 32.4. The molecule has 0 amide bonds. The minimum atomic E-state index is 0. The molecule has 0 aromatic carbocycles. The summed E-state index contributed by atoms with van der Waals surface area (Å²) in [5.41, 5.74) is 0. The van der Waals surface area contributed by atoms with Gasteiger partial charge in [-0.25, -0.2) is 0 Å². The Labute approximate surface area is 59.2 Å². The zero-order valence-electron chi connectivity index (χ0n) is 4.29. The predicted molar refractivity (Wildman–Crippen MR) is 25.6 cm³/mol. The predicted octanol–water partition coefficient (Wildman–Crippen LogP) is 0.00468. The van der Waals surface area contributed by atoms with Gasteiger partial charge in [-0.3, -0.25) is 0 Å². The van der Waals surface area contributed by atoms with Crippen LogP contribution in [0.1, 0.15) is 0 Å². The van der Waals surface area contributed by atoms with Crippen LogP contribution < -0.4 is 0 Å². The molecule has 0 N–H and O–H groups in total. The van der Waals surface area contributed by atoms with Gasteiger partial charge in [0.05, 0.1) is 0 Å². The number of nitrogens with zero attached hydrogens (tertiary/aromatic N) is 4. The molecule has 5 heteroatoms. The molecule has 0 atom stereocenters. The normalized spacial score (nSPS) is 0.889. The van der Waals surface area contributed by atoms with Gasteiger partial charge in [0, 0.05) is 0 Å². The topological polar surface area (TPSA) is 95.2 Å². The molecule has 40 valence electrons. The van der Waals surface area contributed by atoms with E-state index >= 15 is 0 Å². The van der Waals surface area contributed by atoms with Crippen LogP contribution in [0, 0.1) is 47.3 Å². The fourth-order valence-electron chi connectivity index (χ4n) is 0. The first-order valence-electron chi connectivity index (χ1n) is 0.894. The van der Waals surface area contributed by atoms with Crippen LogP contribution in [0.25, 0.3) is 0 Å². The molecule has 0 unspecified atom stereocenters. The Kier molecular flexibility index (Phi) is 320. The summed E-state index contributed by atoms with van der Waals surface area (Å²) in [6.07, 6.45) is 0. The van der Waals surface area contributed by atoms with E-state index in [0.29, 0.717) is 0 Å². The van der Waals surface area contributed by atoms with E-state index in [1.54, 1.807) is 0 Å². The molecule has 0 saturated heterocycles. The van der Waals surface area contributed by atoms with E-state index < -0.39 is 0 Å². The molecule has 0 rings (SSSR count). The summed E-state index contributed by atoms with van der Waals surface area (Å²) in [5, 5.41) is 25.0. The summed E-state index contributed by atoms with van der Waals surface area (Å²) in [6, 6.07) is 0. The monoisotopic (exact) mass is 132 g/mol. The third-order valence-electron chi connectivity index (χ3n) is 0. The molecule has 9 heavy (non-hydrogen) atoms. The van der Waals surface area contributed by atoms with E-state index in [1.807, 2.05) is 0 Å². The van der Waals surface area contributed by atoms with E-state index in [9.17, 15) is 0 Å². The largest absolute Gasteiger partial charge is 4.00 e. The standard InChI is InChI=1S/4CN.Si/c4*1-2;/q4*-1;+4. The minimum absolute atomic E-state index is 0. The second-order valence-electron chi connectivity index (χ2n) is 0. The number of hydrogen-bond acceptors (Lipinski definition) is 4. The number of rotatable bonds is 0. The summed E-state index contributed by atoms with van der Waals surface area (Å²) >= 11 is 0. The van der Waals surface area contributed by atoms with Crippen molar-refractivity contribution in [3.05, 3.63) is 26.3 Å². The molecule has 0 fully saturated rings. The van der Waals surface area contributed by atoms with Crippen molar-refractivity contribution >= 4 is 11.0 Å². The van der Waals surface area contributed by atoms with Gasteiger partial charge in [-0.15, -0.1) is 0 Å². The first-order valence-corrected chi connectivity index (χ1v) is 0.894. The second-order valence-corrected chi connectivity index (χ2v) is 0. The van der Waals surface area contributed by atoms with Crippen molar-refractivity contribution in [2.75, 3.05) is 0 Å². The quantitative estimate of drug-likeness (QED) is 0.342. The Morgan fingerprint density at radius 3 is 0.444 bits per heavy atom. The van der Waals surface area contributed by atoms with Gasteiger partial charge in [0.15, 0.2) is 0 Å². The van der Waals surface area contributed by atoms with E-state index in [4.69, 9.17) is 47.3 Å². The van der Waals surface area contributed by atoms with Crippen LogP contribution in [0.15, 0.2) is 0 Å². The smallest absolute Gasteiger partial charge is 0.512 e. The molecule has 0 aliphatic carbocycles. The van der Waals surface area contributed by atoms with Crippen LogP contribution in [0.5, 0.6) is 0 Å². The Morgan fingerprint density at radius 2 is 0.444 bits per heavy atom. The molecule has 0 radical (unpaired) electrons. The molecular formula is C4N4Si. The summed E-state index contributed by atoms with van der Waals surface area (Å²) < 4.78 is 0. The number of hydrogen-bond donors (Lipinski definition) is 0. The molecule has 0 aliphatic rings. The SMILES string of the molecule is [C-]#N.[C-]#N.[C-]#N.[C-]#N.[Si+4]. The molecule has 0 heterocycles. The van der Waals surface area contributed by atoms with Gasteiger partial charge in [-0.2, -0.15) is 0 Å².